The lowest BCUT2D eigenvalue weighted by molar-refractivity contribution is -0.135. The van der Waals surface area contributed by atoms with Gasteiger partial charge in [-0.2, -0.15) is 0 Å². The van der Waals surface area contributed by atoms with Gasteiger partial charge in [0.05, 0.1) is 12.1 Å². The fraction of sp³-hybridized carbons (Fsp3) is 0.895. The summed E-state index contributed by atoms with van der Waals surface area (Å²) in [6, 6.07) is 0.274. The lowest BCUT2D eigenvalue weighted by atomic mass is 9.88. The van der Waals surface area contributed by atoms with Gasteiger partial charge in [-0.05, 0) is 40.0 Å². The minimum atomic E-state index is -0.277. The van der Waals surface area contributed by atoms with E-state index in [1.54, 1.807) is 7.11 Å². The van der Waals surface area contributed by atoms with Gasteiger partial charge in [0.2, 0.25) is 5.91 Å². The van der Waals surface area contributed by atoms with E-state index in [1.807, 2.05) is 13.8 Å². The number of nitrogens with zero attached hydrogens (tertiary/aromatic N) is 2. The summed E-state index contributed by atoms with van der Waals surface area (Å²) < 4.78 is 5.44. The van der Waals surface area contributed by atoms with Crippen LogP contribution in [0.2, 0.25) is 0 Å². The molecule has 1 saturated heterocycles. The van der Waals surface area contributed by atoms with Crippen LogP contribution in [0, 0.1) is 5.92 Å². The zero-order valence-electron chi connectivity index (χ0n) is 16.4. The molecule has 2 fully saturated rings. The fourth-order valence-corrected chi connectivity index (χ4v) is 3.53. The monoisotopic (exact) mass is 352 g/mol. The Labute approximate surface area is 152 Å². The highest BCUT2D eigenvalue weighted by Crippen LogP contribution is 2.26. The summed E-state index contributed by atoms with van der Waals surface area (Å²) in [6.45, 7) is 9.17. The minimum absolute atomic E-state index is 0.261. The molecule has 0 radical (unpaired) electrons. The number of rotatable bonds is 6. The molecule has 0 spiro atoms. The van der Waals surface area contributed by atoms with Crippen molar-refractivity contribution in [2.75, 3.05) is 33.3 Å². The highest BCUT2D eigenvalue weighted by atomic mass is 16.5. The van der Waals surface area contributed by atoms with Crippen molar-refractivity contribution in [1.29, 1.82) is 0 Å². The zero-order valence-corrected chi connectivity index (χ0v) is 16.4. The first-order valence-electron chi connectivity index (χ1n) is 9.84. The molecule has 1 aliphatic carbocycles. The van der Waals surface area contributed by atoms with E-state index in [0.29, 0.717) is 12.5 Å². The number of carbonyl (C=O) groups is 1. The van der Waals surface area contributed by atoms with Gasteiger partial charge in [0.1, 0.15) is 0 Å². The van der Waals surface area contributed by atoms with Gasteiger partial charge in [0.15, 0.2) is 5.96 Å². The lowest BCUT2D eigenvalue weighted by Gasteiger charge is -2.26. The molecule has 2 rings (SSSR count). The van der Waals surface area contributed by atoms with Crippen LogP contribution in [0.15, 0.2) is 4.99 Å². The van der Waals surface area contributed by atoms with Crippen LogP contribution in [0.4, 0.5) is 0 Å². The van der Waals surface area contributed by atoms with E-state index >= 15 is 0 Å². The number of carbonyl (C=O) groups excluding carboxylic acids is 1. The predicted octanol–water partition coefficient (Wildman–Crippen LogP) is 2.15. The molecule has 0 aromatic rings. The molecular weight excluding hydrogens is 316 g/mol. The molecule has 1 amide bonds. The van der Waals surface area contributed by atoms with Gasteiger partial charge in [-0.15, -0.1) is 0 Å². The van der Waals surface area contributed by atoms with Gasteiger partial charge in [-0.1, -0.05) is 19.3 Å². The summed E-state index contributed by atoms with van der Waals surface area (Å²) in [5.41, 5.74) is -0.277. The number of ether oxygens (including phenoxy) is 1. The molecule has 1 saturated carbocycles. The topological polar surface area (TPSA) is 66.0 Å². The highest BCUT2D eigenvalue weighted by Gasteiger charge is 2.31. The zero-order chi connectivity index (χ0) is 18.3. The number of amides is 1. The van der Waals surface area contributed by atoms with Crippen molar-refractivity contribution >= 4 is 11.9 Å². The van der Waals surface area contributed by atoms with Crippen LogP contribution < -0.4 is 10.6 Å². The van der Waals surface area contributed by atoms with Crippen molar-refractivity contribution in [3.05, 3.63) is 0 Å². The number of guanidine groups is 1. The second-order valence-corrected chi connectivity index (χ2v) is 7.91. The van der Waals surface area contributed by atoms with E-state index in [4.69, 9.17) is 4.74 Å². The highest BCUT2D eigenvalue weighted by molar-refractivity contribution is 5.81. The van der Waals surface area contributed by atoms with Crippen molar-refractivity contribution in [1.82, 2.24) is 15.5 Å². The molecule has 1 aliphatic heterocycles. The predicted molar refractivity (Wildman–Crippen MR) is 102 cm³/mol. The molecular formula is C19H36N4O2. The van der Waals surface area contributed by atoms with E-state index in [0.717, 1.165) is 44.9 Å². The van der Waals surface area contributed by atoms with E-state index in [2.05, 4.69) is 27.4 Å². The lowest BCUT2D eigenvalue weighted by Crippen LogP contribution is -2.46. The summed E-state index contributed by atoms with van der Waals surface area (Å²) in [5, 5.41) is 6.78. The Morgan fingerprint density at radius 2 is 1.96 bits per heavy atom. The Bertz CT molecular complexity index is 458. The van der Waals surface area contributed by atoms with Gasteiger partial charge in [0.25, 0.3) is 0 Å². The quantitative estimate of drug-likeness (QED) is 0.568. The van der Waals surface area contributed by atoms with Crippen molar-refractivity contribution in [2.45, 2.75) is 70.9 Å². The Balaban J connectivity index is 1.86. The molecule has 1 unspecified atom stereocenters. The third kappa shape index (κ3) is 6.17. The number of likely N-dealkylation sites (tertiary alicyclic amines) is 1. The van der Waals surface area contributed by atoms with Crippen LogP contribution in [0.25, 0.3) is 0 Å². The molecule has 6 heteroatoms. The third-order valence-electron chi connectivity index (χ3n) is 5.31. The van der Waals surface area contributed by atoms with E-state index in [9.17, 15) is 4.79 Å². The Hall–Kier alpha value is -1.30. The largest absolute Gasteiger partial charge is 0.377 e. The number of methoxy groups -OCH3 is 1. The van der Waals surface area contributed by atoms with Crippen LogP contribution >= 0.6 is 0 Å². The van der Waals surface area contributed by atoms with Crippen LogP contribution in [-0.4, -0.2) is 61.7 Å². The molecule has 1 heterocycles. The average Bonchev–Trinajstić information content (AvgIpc) is 3.08. The number of hydrogen-bond donors (Lipinski definition) is 2. The van der Waals surface area contributed by atoms with Crippen LogP contribution in [0.5, 0.6) is 0 Å². The normalized spacial score (nSPS) is 23.0. The van der Waals surface area contributed by atoms with Crippen LogP contribution in [-0.2, 0) is 9.53 Å². The van der Waals surface area contributed by atoms with Gasteiger partial charge in [0, 0.05) is 38.7 Å². The van der Waals surface area contributed by atoms with E-state index < -0.39 is 0 Å². The average molecular weight is 353 g/mol. The van der Waals surface area contributed by atoms with E-state index in [-0.39, 0.29) is 17.6 Å². The van der Waals surface area contributed by atoms with E-state index in [1.165, 1.54) is 19.3 Å². The molecule has 2 N–H and O–H groups in total. The first-order valence-corrected chi connectivity index (χ1v) is 9.84. The van der Waals surface area contributed by atoms with Crippen molar-refractivity contribution in [3.63, 3.8) is 0 Å². The third-order valence-corrected chi connectivity index (χ3v) is 5.31. The van der Waals surface area contributed by atoms with Gasteiger partial charge in [-0.25, -0.2) is 0 Å². The fourth-order valence-electron chi connectivity index (χ4n) is 3.53. The van der Waals surface area contributed by atoms with Gasteiger partial charge >= 0.3 is 0 Å². The second-order valence-electron chi connectivity index (χ2n) is 7.91. The molecule has 25 heavy (non-hydrogen) atoms. The maximum atomic E-state index is 12.7. The summed E-state index contributed by atoms with van der Waals surface area (Å²) >= 11 is 0. The smallest absolute Gasteiger partial charge is 0.225 e. The maximum Gasteiger partial charge on any atom is 0.225 e. The number of hydrogen-bond acceptors (Lipinski definition) is 3. The van der Waals surface area contributed by atoms with Crippen molar-refractivity contribution in [2.24, 2.45) is 10.9 Å². The van der Waals surface area contributed by atoms with Crippen LogP contribution in [0.1, 0.15) is 59.3 Å². The maximum absolute atomic E-state index is 12.7. The molecule has 6 nitrogen and oxygen atoms in total. The molecule has 144 valence electrons. The number of nitrogens with one attached hydrogen (secondary N) is 2. The Morgan fingerprint density at radius 1 is 1.24 bits per heavy atom. The Kier molecular flexibility index (Phi) is 7.54. The summed E-state index contributed by atoms with van der Waals surface area (Å²) in [6.07, 6.45) is 6.83. The summed E-state index contributed by atoms with van der Waals surface area (Å²) in [7, 11) is 1.71. The summed E-state index contributed by atoms with van der Waals surface area (Å²) in [5.74, 6) is 1.44. The molecule has 0 bridgehead atoms. The number of aliphatic imine (C=N–C) groups is 1. The Morgan fingerprint density at radius 3 is 2.60 bits per heavy atom. The molecule has 0 aromatic carbocycles. The minimum Gasteiger partial charge on any atom is -0.377 e. The first-order chi connectivity index (χ1) is 11.9. The van der Waals surface area contributed by atoms with Crippen molar-refractivity contribution < 1.29 is 9.53 Å². The van der Waals surface area contributed by atoms with Crippen LogP contribution in [0.3, 0.4) is 0 Å². The van der Waals surface area contributed by atoms with Crippen molar-refractivity contribution in [3.8, 4) is 0 Å². The molecule has 0 aromatic heterocycles. The first kappa shape index (κ1) is 20.0. The SMILES string of the molecule is CCNC(=NCC(C)(C)OC)NC1CCN(C(=O)C2CCCCC2)C1. The molecule has 1 atom stereocenters. The van der Waals surface area contributed by atoms with Gasteiger partial charge in [-0.3, -0.25) is 9.79 Å². The second kappa shape index (κ2) is 9.41. The van der Waals surface area contributed by atoms with Gasteiger partial charge < -0.3 is 20.3 Å². The molecule has 2 aliphatic rings. The summed E-state index contributed by atoms with van der Waals surface area (Å²) in [4.78, 5) is 19.4. The standard InChI is InChI=1S/C19H36N4O2/c1-5-20-18(21-14-19(2,3)25-4)22-16-11-12-23(13-16)17(24)15-9-7-6-8-10-15/h15-16H,5-14H2,1-4H3,(H2,20,21,22).